The molecule has 0 aliphatic carbocycles. The van der Waals surface area contributed by atoms with E-state index in [2.05, 4.69) is 9.97 Å². The average molecular weight is 269 g/mol. The predicted octanol–water partition coefficient (Wildman–Crippen LogP) is 0.436. The Labute approximate surface area is 111 Å². The number of imidazole rings is 1. The van der Waals surface area contributed by atoms with E-state index in [1.807, 2.05) is 4.90 Å². The predicted molar refractivity (Wildman–Crippen MR) is 70.3 cm³/mol. The van der Waals surface area contributed by atoms with Crippen molar-refractivity contribution < 1.29 is 9.66 Å². The van der Waals surface area contributed by atoms with Crippen LogP contribution >= 0.6 is 0 Å². The van der Waals surface area contributed by atoms with Crippen molar-refractivity contribution >= 4 is 11.8 Å². The van der Waals surface area contributed by atoms with Crippen molar-refractivity contribution in [2.24, 2.45) is 5.73 Å². The number of unbranched alkanes of at least 4 members (excludes halogenated alkanes) is 1. The molecule has 2 rings (SSSR count). The second kappa shape index (κ2) is 6.48. The second-order valence-electron chi connectivity index (χ2n) is 4.46. The maximum atomic E-state index is 11.0. The first-order valence-corrected chi connectivity index (χ1v) is 6.48. The Balaban J connectivity index is 2.11. The van der Waals surface area contributed by atoms with Gasteiger partial charge in [0.1, 0.15) is 5.69 Å². The van der Waals surface area contributed by atoms with Crippen LogP contribution in [0.1, 0.15) is 18.5 Å². The van der Waals surface area contributed by atoms with Crippen molar-refractivity contribution in [2.45, 2.75) is 19.3 Å². The minimum Gasteiger partial charge on any atom is -0.378 e. The molecule has 3 N–H and O–H groups in total. The monoisotopic (exact) mass is 269 g/mol. The lowest BCUT2D eigenvalue weighted by Crippen LogP contribution is -2.36. The first-order chi connectivity index (χ1) is 9.22. The molecule has 0 unspecified atom stereocenters. The van der Waals surface area contributed by atoms with E-state index in [0.29, 0.717) is 50.9 Å². The normalized spacial score (nSPS) is 15.7. The van der Waals surface area contributed by atoms with Crippen molar-refractivity contribution in [3.05, 3.63) is 15.8 Å². The summed E-state index contributed by atoms with van der Waals surface area (Å²) in [4.78, 5) is 19.8. The average Bonchev–Trinajstić information content (AvgIpc) is 2.84. The number of ether oxygens (including phenoxy) is 1. The van der Waals surface area contributed by atoms with Crippen LogP contribution in [0.5, 0.6) is 0 Å². The van der Waals surface area contributed by atoms with Gasteiger partial charge in [-0.15, -0.1) is 0 Å². The molecule has 0 atom stereocenters. The molecule has 1 aliphatic heterocycles. The minimum absolute atomic E-state index is 0.00138. The highest BCUT2D eigenvalue weighted by Gasteiger charge is 2.24. The highest BCUT2D eigenvalue weighted by molar-refractivity contribution is 5.41. The summed E-state index contributed by atoms with van der Waals surface area (Å²) in [5.41, 5.74) is 5.94. The van der Waals surface area contributed by atoms with Crippen molar-refractivity contribution in [3.8, 4) is 0 Å². The van der Waals surface area contributed by atoms with Gasteiger partial charge in [-0.2, -0.15) is 4.98 Å². The molecule has 0 radical (unpaired) electrons. The van der Waals surface area contributed by atoms with E-state index >= 15 is 0 Å². The van der Waals surface area contributed by atoms with E-state index in [9.17, 15) is 10.1 Å². The Bertz CT molecular complexity index is 428. The fourth-order valence-electron chi connectivity index (χ4n) is 2.07. The SMILES string of the molecule is NCCCCc1nc(N2CCOCC2)[nH]c1[N+](=O)[O-]. The largest absolute Gasteiger partial charge is 0.378 e. The van der Waals surface area contributed by atoms with E-state index in [1.165, 1.54) is 0 Å². The number of rotatable bonds is 6. The first-order valence-electron chi connectivity index (χ1n) is 6.48. The number of nitrogens with one attached hydrogen (secondary N) is 1. The highest BCUT2D eigenvalue weighted by atomic mass is 16.6. The van der Waals surface area contributed by atoms with Gasteiger partial charge in [-0.25, -0.2) is 4.98 Å². The molecule has 1 fully saturated rings. The molecule has 8 heteroatoms. The summed E-state index contributed by atoms with van der Waals surface area (Å²) < 4.78 is 5.25. The van der Waals surface area contributed by atoms with Crippen LogP contribution in [-0.4, -0.2) is 47.7 Å². The van der Waals surface area contributed by atoms with Crippen molar-refractivity contribution in [1.29, 1.82) is 0 Å². The van der Waals surface area contributed by atoms with Gasteiger partial charge in [0.15, 0.2) is 0 Å². The lowest BCUT2D eigenvalue weighted by Gasteiger charge is -2.24. The number of nitrogens with zero attached hydrogens (tertiary/aromatic N) is 3. The fourth-order valence-corrected chi connectivity index (χ4v) is 2.07. The molecule has 8 nitrogen and oxygen atoms in total. The van der Waals surface area contributed by atoms with Crippen molar-refractivity contribution in [2.75, 3.05) is 37.7 Å². The van der Waals surface area contributed by atoms with Crippen molar-refractivity contribution in [1.82, 2.24) is 9.97 Å². The van der Waals surface area contributed by atoms with Crippen molar-refractivity contribution in [3.63, 3.8) is 0 Å². The van der Waals surface area contributed by atoms with Crippen LogP contribution in [0.15, 0.2) is 0 Å². The molecule has 106 valence electrons. The Hall–Kier alpha value is -1.67. The summed E-state index contributed by atoms with van der Waals surface area (Å²) in [5.74, 6) is 0.566. The smallest absolute Gasteiger partial charge is 0.345 e. The van der Waals surface area contributed by atoms with Crippen LogP contribution in [0, 0.1) is 10.1 Å². The van der Waals surface area contributed by atoms with Crippen LogP contribution in [0.4, 0.5) is 11.8 Å². The molecule has 0 spiro atoms. The number of nitrogens with two attached hydrogens (primary N) is 1. The summed E-state index contributed by atoms with van der Waals surface area (Å²) in [6, 6.07) is 0. The molecular formula is C11H19N5O3. The Kier molecular flexibility index (Phi) is 4.69. The molecule has 0 aromatic carbocycles. The third-order valence-corrected chi connectivity index (χ3v) is 3.11. The van der Waals surface area contributed by atoms with E-state index < -0.39 is 4.92 Å². The van der Waals surface area contributed by atoms with Crippen LogP contribution in [0.3, 0.4) is 0 Å². The van der Waals surface area contributed by atoms with Crippen LogP contribution < -0.4 is 10.6 Å². The number of aryl methyl sites for hydroxylation is 1. The maximum absolute atomic E-state index is 11.0. The standard InChI is InChI=1S/C11H19N5O3/c12-4-2-1-3-9-10(16(17)18)14-11(13-9)15-5-7-19-8-6-15/h1-8,12H2,(H,13,14). The van der Waals surface area contributed by atoms with Gasteiger partial charge < -0.3 is 25.5 Å². The second-order valence-corrected chi connectivity index (χ2v) is 4.46. The van der Waals surface area contributed by atoms with Gasteiger partial charge in [-0.05, 0) is 30.7 Å². The first kappa shape index (κ1) is 13.8. The molecular weight excluding hydrogens is 250 g/mol. The molecule has 2 heterocycles. The topological polar surface area (TPSA) is 110 Å². The molecule has 19 heavy (non-hydrogen) atoms. The molecule has 1 aromatic rings. The minimum atomic E-state index is -0.408. The zero-order chi connectivity index (χ0) is 13.7. The van der Waals surface area contributed by atoms with Crippen LogP contribution in [-0.2, 0) is 11.2 Å². The zero-order valence-electron chi connectivity index (χ0n) is 10.8. The Morgan fingerprint density at radius 1 is 1.42 bits per heavy atom. The molecule has 0 saturated carbocycles. The summed E-state index contributed by atoms with van der Waals surface area (Å²) in [7, 11) is 0. The van der Waals surface area contributed by atoms with Gasteiger partial charge in [0.05, 0.1) is 13.2 Å². The number of hydrogen-bond acceptors (Lipinski definition) is 6. The number of nitro groups is 1. The van der Waals surface area contributed by atoms with Crippen LogP contribution in [0.2, 0.25) is 0 Å². The van der Waals surface area contributed by atoms with Gasteiger partial charge in [-0.3, -0.25) is 0 Å². The molecule has 1 aliphatic rings. The van der Waals surface area contributed by atoms with Gasteiger partial charge in [-0.1, -0.05) is 0 Å². The summed E-state index contributed by atoms with van der Waals surface area (Å²) >= 11 is 0. The van der Waals surface area contributed by atoms with Gasteiger partial charge in [0.25, 0.3) is 5.95 Å². The third-order valence-electron chi connectivity index (χ3n) is 3.11. The van der Waals surface area contributed by atoms with E-state index in [-0.39, 0.29) is 5.82 Å². The Morgan fingerprint density at radius 2 is 2.16 bits per heavy atom. The number of aromatic nitrogens is 2. The van der Waals surface area contributed by atoms with Crippen LogP contribution in [0.25, 0.3) is 0 Å². The summed E-state index contributed by atoms with van der Waals surface area (Å²) in [6.45, 7) is 3.24. The number of H-pyrrole nitrogens is 1. The fraction of sp³-hybridized carbons (Fsp3) is 0.727. The van der Waals surface area contributed by atoms with Gasteiger partial charge in [0.2, 0.25) is 0 Å². The number of anilines is 1. The van der Waals surface area contributed by atoms with E-state index in [1.54, 1.807) is 0 Å². The third kappa shape index (κ3) is 3.42. The highest BCUT2D eigenvalue weighted by Crippen LogP contribution is 2.22. The van der Waals surface area contributed by atoms with Gasteiger partial charge >= 0.3 is 5.82 Å². The number of hydrogen-bond donors (Lipinski definition) is 2. The summed E-state index contributed by atoms with van der Waals surface area (Å²) in [6.07, 6.45) is 2.23. The van der Waals surface area contributed by atoms with Gasteiger partial charge in [0, 0.05) is 13.1 Å². The maximum Gasteiger partial charge on any atom is 0.345 e. The molecule has 1 aromatic heterocycles. The summed E-state index contributed by atoms with van der Waals surface area (Å²) in [5, 5.41) is 11.0. The van der Waals surface area contributed by atoms with E-state index in [4.69, 9.17) is 10.5 Å². The molecule has 0 amide bonds. The van der Waals surface area contributed by atoms with E-state index in [0.717, 1.165) is 12.8 Å². The molecule has 1 saturated heterocycles. The molecule has 0 bridgehead atoms. The zero-order valence-corrected chi connectivity index (χ0v) is 10.8. The lowest BCUT2D eigenvalue weighted by molar-refractivity contribution is -0.390. The lowest BCUT2D eigenvalue weighted by atomic mass is 10.2. The number of morpholine rings is 1. The Morgan fingerprint density at radius 3 is 2.79 bits per heavy atom. The quantitative estimate of drug-likeness (QED) is 0.440. The number of aromatic amines is 1.